The second-order valence-corrected chi connectivity index (χ2v) is 2.15. The van der Waals surface area contributed by atoms with E-state index in [0.29, 0.717) is 5.92 Å². The molecular weight excluding hydrogens is 84.1 g/mol. The summed E-state index contributed by atoms with van der Waals surface area (Å²) in [6, 6.07) is 0. The van der Waals surface area contributed by atoms with Gasteiger partial charge in [0.2, 0.25) is 0 Å². The van der Waals surface area contributed by atoms with Gasteiger partial charge in [-0.2, -0.15) is 0 Å². The normalized spacial score (nSPS) is 30.7. The van der Waals surface area contributed by atoms with E-state index in [1.807, 2.05) is 0 Å². The van der Waals surface area contributed by atoms with Crippen molar-refractivity contribution in [1.29, 1.82) is 0 Å². The summed E-state index contributed by atoms with van der Waals surface area (Å²) >= 11 is 0. The van der Waals surface area contributed by atoms with Crippen molar-refractivity contribution in [3.63, 3.8) is 0 Å². The average Bonchev–Trinajstić information content (AvgIpc) is 1.69. The van der Waals surface area contributed by atoms with Crippen molar-refractivity contribution in [2.75, 3.05) is 0 Å². The third kappa shape index (κ3) is 1.34. The van der Waals surface area contributed by atoms with Gasteiger partial charge in [0.05, 0.1) is 0 Å². The van der Waals surface area contributed by atoms with E-state index in [1.54, 1.807) is 0 Å². The van der Waals surface area contributed by atoms with Crippen molar-refractivity contribution < 1.29 is 0 Å². The first-order valence-corrected chi connectivity index (χ1v) is 2.87. The molecular formula is C7H11. The van der Waals surface area contributed by atoms with Crippen molar-refractivity contribution in [1.82, 2.24) is 0 Å². The quantitative estimate of drug-likeness (QED) is 0.404. The smallest absolute Gasteiger partial charge is 0.0322 e. The Hall–Kier alpha value is -0.260. The fourth-order valence-corrected chi connectivity index (χ4v) is 0.856. The second-order valence-electron chi connectivity index (χ2n) is 2.15. The van der Waals surface area contributed by atoms with Crippen molar-refractivity contribution in [3.05, 3.63) is 19.1 Å². The molecule has 1 unspecified atom stereocenters. The van der Waals surface area contributed by atoms with Gasteiger partial charge in [-0.1, -0.05) is 12.2 Å². The highest BCUT2D eigenvalue weighted by molar-refractivity contribution is 4.90. The number of hydrogen-bond acceptors (Lipinski definition) is 0. The lowest BCUT2D eigenvalue weighted by Crippen LogP contribution is -1.95. The first kappa shape index (κ1) is 4.89. The molecule has 1 rings (SSSR count). The Morgan fingerprint density at radius 3 is 2.57 bits per heavy atom. The Kier molecular flexibility index (Phi) is 1.50. The van der Waals surface area contributed by atoms with Gasteiger partial charge in [-0.25, -0.2) is 0 Å². The molecule has 0 heterocycles. The fourth-order valence-electron chi connectivity index (χ4n) is 0.856. The zero-order valence-corrected chi connectivity index (χ0v) is 4.56. The molecule has 0 saturated heterocycles. The van der Waals surface area contributed by atoms with Gasteiger partial charge in [-0.15, -0.1) is 0 Å². The summed E-state index contributed by atoms with van der Waals surface area (Å²) in [5.74, 6) is 0.699. The van der Waals surface area contributed by atoms with Crippen LogP contribution in [0, 0.1) is 12.8 Å². The topological polar surface area (TPSA) is 0 Å². The largest absolute Gasteiger partial charge is 0.0885 e. The van der Waals surface area contributed by atoms with E-state index in [-0.39, 0.29) is 0 Å². The molecule has 0 fully saturated rings. The lowest BCUT2D eigenvalue weighted by atomic mass is 9.97. The van der Waals surface area contributed by atoms with Crippen molar-refractivity contribution in [3.8, 4) is 0 Å². The highest BCUT2D eigenvalue weighted by atomic mass is 14.1. The molecule has 39 valence electrons. The maximum Gasteiger partial charge on any atom is -0.0322 e. The highest BCUT2D eigenvalue weighted by Gasteiger charge is 2.00. The van der Waals surface area contributed by atoms with E-state index in [1.165, 1.54) is 19.3 Å². The van der Waals surface area contributed by atoms with Crippen molar-refractivity contribution in [2.45, 2.75) is 19.3 Å². The molecule has 1 aliphatic carbocycles. The van der Waals surface area contributed by atoms with Crippen LogP contribution in [0.5, 0.6) is 0 Å². The standard InChI is InChI=1S/C7H11/c1-7-5-3-2-4-6-7/h2-3,7H,1,4-6H2. The minimum absolute atomic E-state index is 0.699. The summed E-state index contributed by atoms with van der Waals surface area (Å²) in [6.45, 7) is 3.95. The van der Waals surface area contributed by atoms with Gasteiger partial charge in [-0.3, -0.25) is 0 Å². The Labute approximate surface area is 45.2 Å². The van der Waals surface area contributed by atoms with Crippen LogP contribution in [-0.2, 0) is 0 Å². The van der Waals surface area contributed by atoms with Gasteiger partial charge < -0.3 is 0 Å². The Morgan fingerprint density at radius 1 is 1.43 bits per heavy atom. The zero-order valence-electron chi connectivity index (χ0n) is 4.56. The van der Waals surface area contributed by atoms with Crippen LogP contribution in [0.3, 0.4) is 0 Å². The molecule has 0 spiro atoms. The van der Waals surface area contributed by atoms with Gasteiger partial charge in [0, 0.05) is 0 Å². The summed E-state index contributed by atoms with van der Waals surface area (Å²) in [5, 5.41) is 0. The van der Waals surface area contributed by atoms with Gasteiger partial charge in [-0.05, 0) is 32.1 Å². The van der Waals surface area contributed by atoms with E-state index in [9.17, 15) is 0 Å². The summed E-state index contributed by atoms with van der Waals surface area (Å²) in [5.41, 5.74) is 0. The summed E-state index contributed by atoms with van der Waals surface area (Å²) < 4.78 is 0. The van der Waals surface area contributed by atoms with Gasteiger partial charge in [0.15, 0.2) is 0 Å². The molecule has 0 heteroatoms. The van der Waals surface area contributed by atoms with Gasteiger partial charge >= 0.3 is 0 Å². The number of hydrogen-bond donors (Lipinski definition) is 0. The molecule has 1 radical (unpaired) electrons. The molecule has 0 nitrogen and oxygen atoms in total. The summed E-state index contributed by atoms with van der Waals surface area (Å²) in [4.78, 5) is 0. The fraction of sp³-hybridized carbons (Fsp3) is 0.571. The summed E-state index contributed by atoms with van der Waals surface area (Å²) in [6.07, 6.45) is 8.19. The molecule has 0 aliphatic heterocycles. The number of rotatable bonds is 0. The third-order valence-electron chi connectivity index (χ3n) is 1.38. The van der Waals surface area contributed by atoms with Crippen LogP contribution in [0.1, 0.15) is 19.3 Å². The lowest BCUT2D eigenvalue weighted by Gasteiger charge is -2.09. The first-order valence-electron chi connectivity index (χ1n) is 2.87. The van der Waals surface area contributed by atoms with Crippen LogP contribution in [0.15, 0.2) is 12.2 Å². The molecule has 7 heavy (non-hydrogen) atoms. The molecule has 1 aliphatic rings. The van der Waals surface area contributed by atoms with Crippen molar-refractivity contribution in [2.24, 2.45) is 5.92 Å². The van der Waals surface area contributed by atoms with Crippen LogP contribution >= 0.6 is 0 Å². The lowest BCUT2D eigenvalue weighted by molar-refractivity contribution is 0.580. The second kappa shape index (κ2) is 2.15. The van der Waals surface area contributed by atoms with E-state index in [0.717, 1.165) is 0 Å². The number of allylic oxidation sites excluding steroid dienone is 2. The monoisotopic (exact) mass is 95.1 g/mol. The van der Waals surface area contributed by atoms with Gasteiger partial charge in [0.25, 0.3) is 0 Å². The van der Waals surface area contributed by atoms with Crippen molar-refractivity contribution >= 4 is 0 Å². The minimum Gasteiger partial charge on any atom is -0.0885 e. The molecule has 0 aromatic heterocycles. The predicted molar refractivity (Wildman–Crippen MR) is 31.8 cm³/mol. The maximum absolute atomic E-state index is 3.95. The Balaban J connectivity index is 2.32. The van der Waals surface area contributed by atoms with E-state index >= 15 is 0 Å². The minimum atomic E-state index is 0.699. The first-order chi connectivity index (χ1) is 3.39. The van der Waals surface area contributed by atoms with E-state index in [2.05, 4.69) is 19.1 Å². The predicted octanol–water partition coefficient (Wildman–Crippen LogP) is 2.18. The SMILES string of the molecule is [CH2]C1CC=CCC1. The highest BCUT2D eigenvalue weighted by Crippen LogP contribution is 2.15. The zero-order chi connectivity index (χ0) is 5.11. The van der Waals surface area contributed by atoms with Crippen LogP contribution in [0.4, 0.5) is 0 Å². The third-order valence-corrected chi connectivity index (χ3v) is 1.38. The van der Waals surface area contributed by atoms with E-state index < -0.39 is 0 Å². The Morgan fingerprint density at radius 2 is 2.29 bits per heavy atom. The average molecular weight is 95.2 g/mol. The molecule has 0 saturated carbocycles. The van der Waals surface area contributed by atoms with Crippen LogP contribution < -0.4 is 0 Å². The molecule has 0 aromatic carbocycles. The van der Waals surface area contributed by atoms with Crippen LogP contribution in [0.2, 0.25) is 0 Å². The van der Waals surface area contributed by atoms with Gasteiger partial charge in [0.1, 0.15) is 0 Å². The molecule has 0 bridgehead atoms. The molecule has 0 amide bonds. The molecule has 0 N–H and O–H groups in total. The maximum atomic E-state index is 3.95. The summed E-state index contributed by atoms with van der Waals surface area (Å²) in [7, 11) is 0. The Bertz CT molecular complexity index is 72.1. The van der Waals surface area contributed by atoms with E-state index in [4.69, 9.17) is 0 Å². The molecule has 0 aromatic rings. The van der Waals surface area contributed by atoms with Crippen LogP contribution in [-0.4, -0.2) is 0 Å². The molecule has 1 atom stereocenters. The van der Waals surface area contributed by atoms with Crippen LogP contribution in [0.25, 0.3) is 0 Å².